The fraction of sp³-hybridized carbons (Fsp3) is 0.130. The van der Waals surface area contributed by atoms with Crippen LogP contribution in [-0.2, 0) is 14.8 Å². The van der Waals surface area contributed by atoms with Gasteiger partial charge in [-0.15, -0.1) is 0 Å². The minimum atomic E-state index is -4.12. The number of nitrogens with one attached hydrogen (secondary N) is 1. The third-order valence-corrected chi connectivity index (χ3v) is 7.12. The molecule has 0 fully saturated rings. The molecule has 3 aromatic rings. The molecule has 7 nitrogen and oxygen atoms in total. The second-order valence-corrected chi connectivity index (χ2v) is 10.1. The van der Waals surface area contributed by atoms with Gasteiger partial charge in [0.2, 0.25) is 0 Å². The van der Waals surface area contributed by atoms with Crippen molar-refractivity contribution in [1.29, 1.82) is 0 Å². The normalized spacial score (nSPS) is 11.7. The number of halogens is 2. The van der Waals surface area contributed by atoms with Crippen molar-refractivity contribution in [2.24, 2.45) is 5.10 Å². The van der Waals surface area contributed by atoms with E-state index in [4.69, 9.17) is 16.3 Å². The summed E-state index contributed by atoms with van der Waals surface area (Å²) in [6.07, 6.45) is 0. The van der Waals surface area contributed by atoms with E-state index in [2.05, 4.69) is 26.5 Å². The third kappa shape index (κ3) is 6.13. The molecule has 0 saturated carbocycles. The van der Waals surface area contributed by atoms with Crippen molar-refractivity contribution >= 4 is 54.9 Å². The molecule has 10 heteroatoms. The van der Waals surface area contributed by atoms with E-state index in [1.165, 1.54) is 25.3 Å². The number of hydrazone groups is 1. The Morgan fingerprint density at radius 3 is 2.48 bits per heavy atom. The highest BCUT2D eigenvalue weighted by atomic mass is 79.9. The average molecular weight is 551 g/mol. The molecular formula is C23H21BrClN3O4S. The van der Waals surface area contributed by atoms with Gasteiger partial charge in [-0.3, -0.25) is 9.10 Å². The fourth-order valence-corrected chi connectivity index (χ4v) is 4.98. The lowest BCUT2D eigenvalue weighted by Gasteiger charge is -2.25. The van der Waals surface area contributed by atoms with Gasteiger partial charge in [0, 0.05) is 9.50 Å². The Balaban J connectivity index is 1.94. The molecule has 33 heavy (non-hydrogen) atoms. The first-order valence-corrected chi connectivity index (χ1v) is 12.3. The predicted octanol–water partition coefficient (Wildman–Crippen LogP) is 4.85. The smallest absolute Gasteiger partial charge is 0.264 e. The van der Waals surface area contributed by atoms with Crippen LogP contribution in [0.5, 0.6) is 5.75 Å². The van der Waals surface area contributed by atoms with E-state index in [-0.39, 0.29) is 16.3 Å². The number of amides is 1. The van der Waals surface area contributed by atoms with Gasteiger partial charge in [0.25, 0.3) is 15.9 Å². The number of ether oxygens (including phenoxy) is 1. The highest BCUT2D eigenvalue weighted by Gasteiger charge is 2.29. The molecule has 0 heterocycles. The molecule has 0 aliphatic carbocycles. The van der Waals surface area contributed by atoms with E-state index in [1.54, 1.807) is 37.3 Å². The van der Waals surface area contributed by atoms with E-state index in [0.717, 1.165) is 14.3 Å². The summed E-state index contributed by atoms with van der Waals surface area (Å²) in [7, 11) is -2.71. The molecule has 3 rings (SSSR count). The number of anilines is 1. The Kier molecular flexibility index (Phi) is 8.12. The monoisotopic (exact) mass is 549 g/mol. The predicted molar refractivity (Wildman–Crippen MR) is 133 cm³/mol. The summed E-state index contributed by atoms with van der Waals surface area (Å²) in [5.41, 5.74) is 3.92. The van der Waals surface area contributed by atoms with Crippen LogP contribution in [0.3, 0.4) is 0 Å². The van der Waals surface area contributed by atoms with Crippen LogP contribution in [0.4, 0.5) is 5.69 Å². The summed E-state index contributed by atoms with van der Waals surface area (Å²) >= 11 is 9.52. The number of benzene rings is 3. The Bertz CT molecular complexity index is 1280. The largest absolute Gasteiger partial charge is 0.495 e. The third-order valence-electron chi connectivity index (χ3n) is 4.62. The number of methoxy groups -OCH3 is 1. The highest BCUT2D eigenvalue weighted by molar-refractivity contribution is 9.10. The van der Waals surface area contributed by atoms with Gasteiger partial charge < -0.3 is 4.74 Å². The quantitative estimate of drug-likeness (QED) is 0.321. The van der Waals surface area contributed by atoms with Gasteiger partial charge in [0.1, 0.15) is 12.3 Å². The lowest BCUT2D eigenvalue weighted by molar-refractivity contribution is -0.119. The maximum absolute atomic E-state index is 13.5. The summed E-state index contributed by atoms with van der Waals surface area (Å²) in [5.74, 6) is -0.383. The lowest BCUT2D eigenvalue weighted by atomic mass is 10.1. The Morgan fingerprint density at radius 1 is 1.09 bits per heavy atom. The zero-order chi connectivity index (χ0) is 24.0. The maximum Gasteiger partial charge on any atom is 0.264 e. The standard InChI is InChI=1S/C23H21BrClN3O4S/c1-16(17-7-6-8-18(24)13-17)26-27-23(29)15-28(21-14-19(25)11-12-22(21)32-2)33(30,31)20-9-4-3-5-10-20/h3-14H,15H2,1-2H3,(H,27,29)/b26-16-. The van der Waals surface area contributed by atoms with Crippen LogP contribution in [0.15, 0.2) is 87.3 Å². The van der Waals surface area contributed by atoms with Crippen LogP contribution in [0.25, 0.3) is 0 Å². The van der Waals surface area contributed by atoms with E-state index >= 15 is 0 Å². The minimum Gasteiger partial charge on any atom is -0.495 e. The van der Waals surface area contributed by atoms with Gasteiger partial charge in [-0.1, -0.05) is 57.9 Å². The first-order chi connectivity index (χ1) is 15.7. The van der Waals surface area contributed by atoms with E-state index in [9.17, 15) is 13.2 Å². The number of hydrogen-bond donors (Lipinski definition) is 1. The zero-order valence-electron chi connectivity index (χ0n) is 17.8. The molecule has 1 N–H and O–H groups in total. The maximum atomic E-state index is 13.5. The summed E-state index contributed by atoms with van der Waals surface area (Å²) < 4.78 is 34.1. The Labute approximate surface area is 206 Å². The number of sulfonamides is 1. The van der Waals surface area contributed by atoms with Crippen molar-refractivity contribution in [2.45, 2.75) is 11.8 Å². The van der Waals surface area contributed by atoms with Crippen molar-refractivity contribution in [3.05, 3.63) is 87.9 Å². The molecule has 0 saturated heterocycles. The number of rotatable bonds is 8. The van der Waals surface area contributed by atoms with Gasteiger partial charge in [0.15, 0.2) is 0 Å². The SMILES string of the molecule is COc1ccc(Cl)cc1N(CC(=O)N/N=C(/C)c1cccc(Br)c1)S(=O)(=O)c1ccccc1. The lowest BCUT2D eigenvalue weighted by Crippen LogP contribution is -2.40. The zero-order valence-corrected chi connectivity index (χ0v) is 21.0. The van der Waals surface area contributed by atoms with Gasteiger partial charge in [-0.05, 0) is 55.0 Å². The summed E-state index contributed by atoms with van der Waals surface area (Å²) in [5, 5.41) is 4.41. The molecule has 3 aromatic carbocycles. The molecule has 0 atom stereocenters. The molecule has 0 unspecified atom stereocenters. The highest BCUT2D eigenvalue weighted by Crippen LogP contribution is 2.34. The molecule has 1 amide bonds. The van der Waals surface area contributed by atoms with Crippen LogP contribution >= 0.6 is 27.5 Å². The number of nitrogens with zero attached hydrogens (tertiary/aromatic N) is 2. The Morgan fingerprint density at radius 2 is 1.82 bits per heavy atom. The average Bonchev–Trinajstić information content (AvgIpc) is 2.81. The second kappa shape index (κ2) is 10.8. The number of carbonyl (C=O) groups excluding carboxylic acids is 1. The van der Waals surface area contributed by atoms with E-state index in [1.807, 2.05) is 24.3 Å². The molecule has 0 spiro atoms. The van der Waals surface area contributed by atoms with Crippen LogP contribution in [0.1, 0.15) is 12.5 Å². The van der Waals surface area contributed by atoms with Crippen LogP contribution in [-0.4, -0.2) is 33.7 Å². The van der Waals surface area contributed by atoms with Crippen molar-refractivity contribution in [2.75, 3.05) is 18.0 Å². The summed E-state index contributed by atoms with van der Waals surface area (Å²) in [6.45, 7) is 1.20. The van der Waals surface area contributed by atoms with Gasteiger partial charge in [-0.2, -0.15) is 5.10 Å². The van der Waals surface area contributed by atoms with Crippen molar-refractivity contribution < 1.29 is 17.9 Å². The molecule has 0 aliphatic rings. The van der Waals surface area contributed by atoms with E-state index in [0.29, 0.717) is 10.7 Å². The van der Waals surface area contributed by atoms with Crippen LogP contribution < -0.4 is 14.5 Å². The second-order valence-electron chi connectivity index (χ2n) is 6.88. The molecule has 0 bridgehead atoms. The fourth-order valence-electron chi connectivity index (χ4n) is 2.97. The summed E-state index contributed by atoms with van der Waals surface area (Å²) in [6, 6.07) is 19.8. The first-order valence-electron chi connectivity index (χ1n) is 9.73. The molecule has 0 radical (unpaired) electrons. The minimum absolute atomic E-state index is 0.0219. The summed E-state index contributed by atoms with van der Waals surface area (Å²) in [4.78, 5) is 12.8. The molecular weight excluding hydrogens is 530 g/mol. The molecule has 172 valence electrons. The number of hydrogen-bond acceptors (Lipinski definition) is 5. The Hall–Kier alpha value is -2.88. The van der Waals surface area contributed by atoms with Gasteiger partial charge >= 0.3 is 0 Å². The number of carbonyl (C=O) groups is 1. The van der Waals surface area contributed by atoms with E-state index < -0.39 is 22.5 Å². The van der Waals surface area contributed by atoms with Crippen LogP contribution in [0, 0.1) is 0 Å². The van der Waals surface area contributed by atoms with Crippen molar-refractivity contribution in [3.8, 4) is 5.75 Å². The van der Waals surface area contributed by atoms with Crippen molar-refractivity contribution in [1.82, 2.24) is 5.43 Å². The molecule has 0 aromatic heterocycles. The first kappa shape index (κ1) is 24.8. The molecule has 0 aliphatic heterocycles. The van der Waals surface area contributed by atoms with Gasteiger partial charge in [0.05, 0.1) is 23.4 Å². The van der Waals surface area contributed by atoms with Crippen molar-refractivity contribution in [3.63, 3.8) is 0 Å². The van der Waals surface area contributed by atoms with Gasteiger partial charge in [-0.25, -0.2) is 13.8 Å². The van der Waals surface area contributed by atoms with Crippen LogP contribution in [0.2, 0.25) is 5.02 Å². The topological polar surface area (TPSA) is 88.1 Å².